The summed E-state index contributed by atoms with van der Waals surface area (Å²) in [7, 11) is 1.69. The van der Waals surface area contributed by atoms with Gasteiger partial charge in [-0.1, -0.05) is 0 Å². The predicted octanol–water partition coefficient (Wildman–Crippen LogP) is 2.11. The molecule has 2 N–H and O–H groups in total. The maximum atomic E-state index is 8.68. The van der Waals surface area contributed by atoms with Crippen molar-refractivity contribution in [2.24, 2.45) is 0 Å². The van der Waals surface area contributed by atoms with Crippen LogP contribution in [0.1, 0.15) is 17.5 Å². The molecule has 1 rings (SSSR count). The van der Waals surface area contributed by atoms with E-state index in [4.69, 9.17) is 9.84 Å². The largest absolute Gasteiger partial charge is 0.496 e. The minimum absolute atomic E-state index is 0.223. The number of nitrogens with one attached hydrogen (secondary N) is 1. The highest BCUT2D eigenvalue weighted by molar-refractivity contribution is 5.55. The summed E-state index contributed by atoms with van der Waals surface area (Å²) < 4.78 is 5.29. The first-order chi connectivity index (χ1) is 7.19. The van der Waals surface area contributed by atoms with Crippen molar-refractivity contribution < 1.29 is 9.84 Å². The van der Waals surface area contributed by atoms with E-state index in [0.717, 1.165) is 35.5 Å². The van der Waals surface area contributed by atoms with E-state index in [2.05, 4.69) is 17.4 Å². The van der Waals surface area contributed by atoms with E-state index in [-0.39, 0.29) is 6.61 Å². The smallest absolute Gasteiger partial charge is 0.124 e. The average molecular weight is 209 g/mol. The van der Waals surface area contributed by atoms with Crippen LogP contribution in [0.3, 0.4) is 0 Å². The number of ether oxygens (including phenoxy) is 1. The Kier molecular flexibility index (Phi) is 4.43. The van der Waals surface area contributed by atoms with E-state index in [1.807, 2.05) is 13.8 Å². The summed E-state index contributed by atoms with van der Waals surface area (Å²) in [5, 5.41) is 11.9. The third-order valence-corrected chi connectivity index (χ3v) is 2.33. The summed E-state index contributed by atoms with van der Waals surface area (Å²) in [5.74, 6) is 0.947. The first-order valence-corrected chi connectivity index (χ1v) is 5.19. The number of aliphatic hydroxyl groups excluding tert-OH is 1. The van der Waals surface area contributed by atoms with Crippen molar-refractivity contribution in [3.05, 3.63) is 23.3 Å². The molecule has 0 spiro atoms. The zero-order chi connectivity index (χ0) is 11.3. The minimum Gasteiger partial charge on any atom is -0.496 e. The molecule has 0 amide bonds. The van der Waals surface area contributed by atoms with Crippen molar-refractivity contribution in [2.75, 3.05) is 25.6 Å². The Balaban J connectivity index is 2.75. The van der Waals surface area contributed by atoms with Crippen molar-refractivity contribution in [1.82, 2.24) is 0 Å². The third kappa shape index (κ3) is 3.13. The molecule has 0 radical (unpaired) electrons. The number of anilines is 1. The van der Waals surface area contributed by atoms with Gasteiger partial charge < -0.3 is 15.2 Å². The molecule has 84 valence electrons. The van der Waals surface area contributed by atoms with Crippen LogP contribution in [0, 0.1) is 13.8 Å². The van der Waals surface area contributed by atoms with E-state index in [9.17, 15) is 0 Å². The van der Waals surface area contributed by atoms with Crippen molar-refractivity contribution in [1.29, 1.82) is 0 Å². The number of aryl methyl sites for hydroxylation is 2. The van der Waals surface area contributed by atoms with E-state index >= 15 is 0 Å². The molecule has 0 atom stereocenters. The van der Waals surface area contributed by atoms with E-state index in [0.29, 0.717) is 0 Å². The Morgan fingerprint density at radius 3 is 2.33 bits per heavy atom. The van der Waals surface area contributed by atoms with Crippen molar-refractivity contribution in [2.45, 2.75) is 20.3 Å². The number of aliphatic hydroxyl groups is 1. The molecule has 1 aromatic carbocycles. The summed E-state index contributed by atoms with van der Waals surface area (Å²) >= 11 is 0. The number of methoxy groups -OCH3 is 1. The highest BCUT2D eigenvalue weighted by Gasteiger charge is 2.04. The third-order valence-electron chi connectivity index (χ3n) is 2.33. The van der Waals surface area contributed by atoms with E-state index in [1.165, 1.54) is 0 Å². The lowest BCUT2D eigenvalue weighted by Gasteiger charge is -2.12. The van der Waals surface area contributed by atoms with E-state index < -0.39 is 0 Å². The molecule has 3 heteroatoms. The molecular weight excluding hydrogens is 190 g/mol. The van der Waals surface area contributed by atoms with Crippen molar-refractivity contribution in [3.8, 4) is 5.75 Å². The lowest BCUT2D eigenvalue weighted by atomic mass is 10.1. The van der Waals surface area contributed by atoms with Gasteiger partial charge in [-0.3, -0.25) is 0 Å². The summed E-state index contributed by atoms with van der Waals surface area (Å²) in [6, 6.07) is 4.12. The van der Waals surface area contributed by atoms with Crippen LogP contribution in [0.25, 0.3) is 0 Å². The van der Waals surface area contributed by atoms with Gasteiger partial charge in [0.05, 0.1) is 7.11 Å². The number of benzene rings is 1. The van der Waals surface area contributed by atoms with Gasteiger partial charge in [0, 0.05) is 18.8 Å². The highest BCUT2D eigenvalue weighted by atomic mass is 16.5. The first-order valence-electron chi connectivity index (χ1n) is 5.19. The quantitative estimate of drug-likeness (QED) is 0.730. The molecule has 3 nitrogen and oxygen atoms in total. The van der Waals surface area contributed by atoms with Gasteiger partial charge in [-0.2, -0.15) is 0 Å². The molecule has 0 fully saturated rings. The molecule has 1 aromatic rings. The Labute approximate surface area is 91.1 Å². The van der Waals surface area contributed by atoms with Crippen molar-refractivity contribution in [3.63, 3.8) is 0 Å². The first kappa shape index (κ1) is 11.9. The lowest BCUT2D eigenvalue weighted by molar-refractivity contribution is 0.292. The molecular formula is C12H19NO2. The van der Waals surface area contributed by atoms with Gasteiger partial charge in [-0.25, -0.2) is 0 Å². The standard InChI is InChI=1S/C12H19NO2/c1-9-7-11(13-5-4-6-14)8-10(2)12(9)15-3/h7-8,13-14H,4-6H2,1-3H3. The predicted molar refractivity (Wildman–Crippen MR) is 62.7 cm³/mol. The molecule has 15 heavy (non-hydrogen) atoms. The van der Waals surface area contributed by atoms with Gasteiger partial charge in [0.2, 0.25) is 0 Å². The van der Waals surface area contributed by atoms with Crippen LogP contribution in [0.15, 0.2) is 12.1 Å². The zero-order valence-corrected chi connectivity index (χ0v) is 9.63. The lowest BCUT2D eigenvalue weighted by Crippen LogP contribution is -2.04. The van der Waals surface area contributed by atoms with E-state index in [1.54, 1.807) is 7.11 Å². The fourth-order valence-electron chi connectivity index (χ4n) is 1.69. The van der Waals surface area contributed by atoms with Gasteiger partial charge >= 0.3 is 0 Å². The molecule has 0 unspecified atom stereocenters. The van der Waals surface area contributed by atoms with Crippen LogP contribution >= 0.6 is 0 Å². The number of rotatable bonds is 5. The molecule has 0 aliphatic heterocycles. The van der Waals surface area contributed by atoms with Crippen LogP contribution in [0.2, 0.25) is 0 Å². The van der Waals surface area contributed by atoms with Crippen LogP contribution < -0.4 is 10.1 Å². The summed E-state index contributed by atoms with van der Waals surface area (Å²) in [4.78, 5) is 0. The molecule has 0 bridgehead atoms. The number of hydrogen-bond acceptors (Lipinski definition) is 3. The highest BCUT2D eigenvalue weighted by Crippen LogP contribution is 2.26. The second-order valence-corrected chi connectivity index (χ2v) is 3.65. The van der Waals surface area contributed by atoms with Gasteiger partial charge in [-0.05, 0) is 43.5 Å². The van der Waals surface area contributed by atoms with Gasteiger partial charge in [-0.15, -0.1) is 0 Å². The zero-order valence-electron chi connectivity index (χ0n) is 9.63. The monoisotopic (exact) mass is 209 g/mol. The second kappa shape index (κ2) is 5.61. The maximum Gasteiger partial charge on any atom is 0.124 e. The molecule has 0 saturated heterocycles. The summed E-state index contributed by atoms with van der Waals surface area (Å²) in [6.07, 6.45) is 0.768. The molecule has 0 heterocycles. The molecule has 0 aliphatic rings. The van der Waals surface area contributed by atoms with Gasteiger partial charge in [0.15, 0.2) is 0 Å². The molecule has 0 aliphatic carbocycles. The molecule has 0 saturated carbocycles. The summed E-state index contributed by atoms with van der Waals surface area (Å²) in [5.41, 5.74) is 3.34. The average Bonchev–Trinajstić information content (AvgIpc) is 2.18. The Hall–Kier alpha value is -1.22. The normalized spacial score (nSPS) is 10.1. The van der Waals surface area contributed by atoms with Crippen molar-refractivity contribution >= 4 is 5.69 Å². The topological polar surface area (TPSA) is 41.5 Å². The minimum atomic E-state index is 0.223. The van der Waals surface area contributed by atoms with Gasteiger partial charge in [0.1, 0.15) is 5.75 Å². The Morgan fingerprint density at radius 2 is 1.87 bits per heavy atom. The Morgan fingerprint density at radius 1 is 1.27 bits per heavy atom. The van der Waals surface area contributed by atoms with Gasteiger partial charge in [0.25, 0.3) is 0 Å². The fraction of sp³-hybridized carbons (Fsp3) is 0.500. The number of hydrogen-bond donors (Lipinski definition) is 2. The SMILES string of the molecule is COc1c(C)cc(NCCCO)cc1C. The maximum absolute atomic E-state index is 8.68. The van der Waals surface area contributed by atoms with Crippen LogP contribution in [-0.2, 0) is 0 Å². The Bertz CT molecular complexity index is 300. The van der Waals surface area contributed by atoms with Crippen LogP contribution in [-0.4, -0.2) is 25.4 Å². The van der Waals surface area contributed by atoms with Crippen LogP contribution in [0.5, 0.6) is 5.75 Å². The van der Waals surface area contributed by atoms with Crippen LogP contribution in [0.4, 0.5) is 5.69 Å². The second-order valence-electron chi connectivity index (χ2n) is 3.65. The molecule has 0 aromatic heterocycles. The summed E-state index contributed by atoms with van der Waals surface area (Å²) in [6.45, 7) is 5.08. The fourth-order valence-corrected chi connectivity index (χ4v) is 1.69.